The van der Waals surface area contributed by atoms with Crippen LogP contribution in [-0.2, 0) is 0 Å². The molecule has 126 valence electrons. The third-order valence-electron chi connectivity index (χ3n) is 4.07. The van der Waals surface area contributed by atoms with E-state index in [1.807, 2.05) is 0 Å². The molecule has 0 bridgehead atoms. The lowest BCUT2D eigenvalue weighted by atomic mass is 9.79. The number of hydrazine groups is 1. The first-order valence-electron chi connectivity index (χ1n) is 7.83. The van der Waals surface area contributed by atoms with Crippen LogP contribution in [0.3, 0.4) is 0 Å². The van der Waals surface area contributed by atoms with Gasteiger partial charge in [-0.15, -0.1) is 0 Å². The largest absolute Gasteiger partial charge is 0.349 e. The van der Waals surface area contributed by atoms with Gasteiger partial charge >= 0.3 is 0 Å². The third kappa shape index (κ3) is 4.53. The molecule has 1 aromatic carbocycles. The highest BCUT2D eigenvalue weighted by Crippen LogP contribution is 2.28. The molecule has 5 N–H and O–H groups in total. The summed E-state index contributed by atoms with van der Waals surface area (Å²) in [5, 5.41) is 6.70. The van der Waals surface area contributed by atoms with Gasteiger partial charge in [0.1, 0.15) is 0 Å². The zero-order valence-corrected chi connectivity index (χ0v) is 14.2. The van der Waals surface area contributed by atoms with Crippen molar-refractivity contribution < 1.29 is 9.59 Å². The summed E-state index contributed by atoms with van der Waals surface area (Å²) in [7, 11) is 0. The van der Waals surface area contributed by atoms with Gasteiger partial charge in [0.2, 0.25) is 0 Å². The number of carbonyl (C=O) groups is 2. The molecule has 0 spiro atoms. The maximum Gasteiger partial charge on any atom is 0.265 e. The normalized spacial score (nSPS) is 19.9. The molecule has 0 aromatic heterocycles. The minimum Gasteiger partial charge on any atom is -0.349 e. The first kappa shape index (κ1) is 17.4. The van der Waals surface area contributed by atoms with Crippen molar-refractivity contribution in [1.29, 1.82) is 0 Å². The Morgan fingerprint density at radius 1 is 1.00 bits per heavy atom. The number of piperidine rings is 1. The fraction of sp³-hybridized carbons (Fsp3) is 0.529. The van der Waals surface area contributed by atoms with Crippen LogP contribution in [0.2, 0.25) is 0 Å². The molecule has 0 aliphatic carbocycles. The van der Waals surface area contributed by atoms with Crippen LogP contribution in [0, 0.1) is 0 Å². The number of hydrogen-bond acceptors (Lipinski definition) is 4. The summed E-state index contributed by atoms with van der Waals surface area (Å²) < 4.78 is 0. The van der Waals surface area contributed by atoms with E-state index in [9.17, 15) is 9.59 Å². The van der Waals surface area contributed by atoms with Crippen molar-refractivity contribution in [2.75, 3.05) is 0 Å². The monoisotopic (exact) mass is 318 g/mol. The molecule has 0 unspecified atom stereocenters. The molecule has 2 amide bonds. The van der Waals surface area contributed by atoms with E-state index in [4.69, 9.17) is 5.84 Å². The van der Waals surface area contributed by atoms with Crippen LogP contribution in [0.25, 0.3) is 0 Å². The van der Waals surface area contributed by atoms with E-state index in [-0.39, 0.29) is 28.9 Å². The average molecular weight is 318 g/mol. The molecule has 6 heteroatoms. The summed E-state index contributed by atoms with van der Waals surface area (Å²) in [6.07, 6.45) is 1.74. The summed E-state index contributed by atoms with van der Waals surface area (Å²) in [4.78, 5) is 23.8. The predicted molar refractivity (Wildman–Crippen MR) is 89.9 cm³/mol. The first-order valence-corrected chi connectivity index (χ1v) is 7.83. The van der Waals surface area contributed by atoms with Crippen LogP contribution >= 0.6 is 0 Å². The van der Waals surface area contributed by atoms with Gasteiger partial charge in [-0.1, -0.05) is 0 Å². The van der Waals surface area contributed by atoms with Crippen molar-refractivity contribution >= 4 is 11.8 Å². The Morgan fingerprint density at radius 2 is 1.43 bits per heavy atom. The van der Waals surface area contributed by atoms with Crippen LogP contribution in [0.15, 0.2) is 24.3 Å². The van der Waals surface area contributed by atoms with Gasteiger partial charge in [0.25, 0.3) is 11.8 Å². The van der Waals surface area contributed by atoms with Crippen molar-refractivity contribution in [2.45, 2.75) is 57.7 Å². The Morgan fingerprint density at radius 3 is 1.87 bits per heavy atom. The molecule has 0 radical (unpaired) electrons. The van der Waals surface area contributed by atoms with E-state index in [1.54, 1.807) is 24.3 Å². The first-order chi connectivity index (χ1) is 10.6. The van der Waals surface area contributed by atoms with Crippen LogP contribution in [0.4, 0.5) is 0 Å². The van der Waals surface area contributed by atoms with E-state index >= 15 is 0 Å². The summed E-state index contributed by atoms with van der Waals surface area (Å²) in [5.74, 6) is 4.59. The number of rotatable bonds is 3. The smallest absolute Gasteiger partial charge is 0.265 e. The van der Waals surface area contributed by atoms with E-state index < -0.39 is 0 Å². The van der Waals surface area contributed by atoms with Gasteiger partial charge < -0.3 is 10.6 Å². The van der Waals surface area contributed by atoms with Crippen LogP contribution < -0.4 is 21.9 Å². The van der Waals surface area contributed by atoms with Crippen LogP contribution in [0.5, 0.6) is 0 Å². The predicted octanol–water partition coefficient (Wildman–Crippen LogP) is 1.33. The second-order valence-electron chi connectivity index (χ2n) is 7.52. The van der Waals surface area contributed by atoms with Gasteiger partial charge in [-0.05, 0) is 64.8 Å². The topological polar surface area (TPSA) is 96.2 Å². The van der Waals surface area contributed by atoms with Gasteiger partial charge in [-0.3, -0.25) is 15.0 Å². The molecule has 1 heterocycles. The fourth-order valence-electron chi connectivity index (χ4n) is 3.55. The number of carbonyl (C=O) groups excluding carboxylic acids is 2. The fourth-order valence-corrected chi connectivity index (χ4v) is 3.55. The van der Waals surface area contributed by atoms with E-state index in [1.165, 1.54) is 0 Å². The lowest BCUT2D eigenvalue weighted by Crippen LogP contribution is -2.62. The second-order valence-corrected chi connectivity index (χ2v) is 7.52. The minimum atomic E-state index is -0.376. The van der Waals surface area contributed by atoms with Gasteiger partial charge in [-0.2, -0.15) is 0 Å². The summed E-state index contributed by atoms with van der Waals surface area (Å²) >= 11 is 0. The van der Waals surface area contributed by atoms with Gasteiger partial charge in [0.05, 0.1) is 0 Å². The third-order valence-corrected chi connectivity index (χ3v) is 4.07. The van der Waals surface area contributed by atoms with Crippen molar-refractivity contribution in [3.05, 3.63) is 35.4 Å². The zero-order chi connectivity index (χ0) is 17.3. The molecule has 0 saturated carbocycles. The molecule has 1 aliphatic rings. The van der Waals surface area contributed by atoms with Crippen molar-refractivity contribution in [1.82, 2.24) is 16.1 Å². The van der Waals surface area contributed by atoms with Crippen molar-refractivity contribution in [2.24, 2.45) is 5.84 Å². The van der Waals surface area contributed by atoms with Crippen molar-refractivity contribution in [3.63, 3.8) is 0 Å². The number of nitrogens with one attached hydrogen (secondary N) is 3. The summed E-state index contributed by atoms with van der Waals surface area (Å²) in [5.41, 5.74) is 2.98. The molecule has 1 saturated heterocycles. The number of benzene rings is 1. The number of nitrogens with two attached hydrogens (primary N) is 1. The highest BCUT2D eigenvalue weighted by atomic mass is 16.2. The second kappa shape index (κ2) is 6.29. The molecule has 0 atom stereocenters. The molecule has 1 aliphatic heterocycles. The van der Waals surface area contributed by atoms with Crippen LogP contribution in [0.1, 0.15) is 61.3 Å². The Hall–Kier alpha value is -1.92. The zero-order valence-electron chi connectivity index (χ0n) is 14.2. The molecular formula is C17H26N4O2. The minimum absolute atomic E-state index is 0.0250. The summed E-state index contributed by atoms with van der Waals surface area (Å²) in [6.45, 7) is 8.58. The molecule has 2 rings (SSSR count). The molecule has 1 aromatic rings. The highest BCUT2D eigenvalue weighted by Gasteiger charge is 2.38. The molecular weight excluding hydrogens is 292 g/mol. The molecule has 23 heavy (non-hydrogen) atoms. The molecule has 6 nitrogen and oxygen atoms in total. The number of hydrogen-bond donors (Lipinski definition) is 4. The average Bonchev–Trinajstić information content (AvgIpc) is 2.43. The van der Waals surface area contributed by atoms with Gasteiger partial charge in [0, 0.05) is 28.2 Å². The van der Waals surface area contributed by atoms with Crippen molar-refractivity contribution in [3.8, 4) is 0 Å². The highest BCUT2D eigenvalue weighted by molar-refractivity contribution is 5.97. The Bertz CT molecular complexity index is 577. The SMILES string of the molecule is CC1(C)CC(NC(=O)c2ccc(C(=O)NN)cc2)CC(C)(C)N1. The van der Waals surface area contributed by atoms with E-state index in [0.29, 0.717) is 11.1 Å². The molecule has 1 fully saturated rings. The Labute approximate surface area is 137 Å². The standard InChI is InChI=1S/C17H26N4O2/c1-16(2)9-13(10-17(3,4)21-16)19-14(22)11-5-7-12(8-6-11)15(23)20-18/h5-8,13,21H,9-10,18H2,1-4H3,(H,19,22)(H,20,23). The maximum atomic E-state index is 12.4. The van der Waals surface area contributed by atoms with Gasteiger partial charge in [-0.25, -0.2) is 5.84 Å². The number of nitrogen functional groups attached to an aromatic ring is 1. The van der Waals surface area contributed by atoms with E-state index in [2.05, 4.69) is 43.8 Å². The quantitative estimate of drug-likeness (QED) is 0.384. The number of amides is 2. The Kier molecular flexibility index (Phi) is 4.77. The van der Waals surface area contributed by atoms with E-state index in [0.717, 1.165) is 12.8 Å². The summed E-state index contributed by atoms with van der Waals surface area (Å²) in [6, 6.07) is 6.57. The lowest BCUT2D eigenvalue weighted by molar-refractivity contribution is 0.0871. The van der Waals surface area contributed by atoms with Gasteiger partial charge in [0.15, 0.2) is 0 Å². The van der Waals surface area contributed by atoms with Crippen LogP contribution in [-0.4, -0.2) is 28.9 Å². The maximum absolute atomic E-state index is 12.4. The lowest BCUT2D eigenvalue weighted by Gasteiger charge is -2.46. The Balaban J connectivity index is 2.05.